The van der Waals surface area contributed by atoms with E-state index in [4.69, 9.17) is 0 Å². The van der Waals surface area contributed by atoms with Gasteiger partial charge in [-0.2, -0.15) is 5.10 Å². The molecule has 8 nitrogen and oxygen atoms in total. The van der Waals surface area contributed by atoms with Crippen molar-refractivity contribution in [3.63, 3.8) is 0 Å². The molecule has 180 valence electrons. The molecule has 0 aliphatic carbocycles. The van der Waals surface area contributed by atoms with Gasteiger partial charge in [0.1, 0.15) is 5.82 Å². The second-order valence-corrected chi connectivity index (χ2v) is 10.5. The molecule has 0 saturated carbocycles. The summed E-state index contributed by atoms with van der Waals surface area (Å²) in [4.78, 5) is 19.3. The van der Waals surface area contributed by atoms with Crippen molar-refractivity contribution in [1.82, 2.24) is 20.1 Å². The second kappa shape index (κ2) is 9.92. The van der Waals surface area contributed by atoms with Crippen molar-refractivity contribution in [2.45, 2.75) is 50.0 Å². The van der Waals surface area contributed by atoms with Crippen LogP contribution >= 0.6 is 0 Å². The molecular weight excluding hydrogens is 457 g/mol. The smallest absolute Gasteiger partial charge is 0.322 e. The number of urea groups is 1. The highest BCUT2D eigenvalue weighted by Gasteiger charge is 2.27. The molecule has 2 amide bonds. The SMILES string of the molecule is CCCC(NC(=O)N1CCCCc2c1cnn2-c1ccc(F)cc1)c1cncc(S(C)(=O)=O)c1. The molecule has 1 aliphatic rings. The molecule has 0 saturated heterocycles. The van der Waals surface area contributed by atoms with Crippen LogP contribution in [0.3, 0.4) is 0 Å². The Morgan fingerprint density at radius 1 is 1.18 bits per heavy atom. The number of amides is 2. The summed E-state index contributed by atoms with van der Waals surface area (Å²) in [5.41, 5.74) is 3.00. The topological polar surface area (TPSA) is 97.2 Å². The molecule has 0 spiro atoms. The summed E-state index contributed by atoms with van der Waals surface area (Å²) < 4.78 is 39.1. The first-order valence-corrected chi connectivity index (χ1v) is 13.2. The van der Waals surface area contributed by atoms with Crippen LogP contribution in [0.2, 0.25) is 0 Å². The number of anilines is 1. The number of hydrogen-bond acceptors (Lipinski definition) is 5. The van der Waals surface area contributed by atoms with E-state index in [1.807, 2.05) is 6.92 Å². The molecule has 4 rings (SSSR count). The Morgan fingerprint density at radius 3 is 2.65 bits per heavy atom. The number of rotatable bonds is 6. The summed E-state index contributed by atoms with van der Waals surface area (Å²) in [5, 5.41) is 7.55. The lowest BCUT2D eigenvalue weighted by Crippen LogP contribution is -2.42. The molecule has 1 atom stereocenters. The largest absolute Gasteiger partial charge is 0.331 e. The number of carbonyl (C=O) groups is 1. The number of aromatic nitrogens is 3. The van der Waals surface area contributed by atoms with Gasteiger partial charge in [0.05, 0.1) is 34.2 Å². The second-order valence-electron chi connectivity index (χ2n) is 8.49. The Hall–Kier alpha value is -3.27. The molecule has 0 fully saturated rings. The molecule has 3 heterocycles. The van der Waals surface area contributed by atoms with Crippen molar-refractivity contribution in [3.8, 4) is 5.69 Å². The maximum Gasteiger partial charge on any atom is 0.322 e. The van der Waals surface area contributed by atoms with Crippen molar-refractivity contribution < 1.29 is 17.6 Å². The van der Waals surface area contributed by atoms with Crippen LogP contribution in [-0.2, 0) is 16.3 Å². The van der Waals surface area contributed by atoms with Gasteiger partial charge in [0.25, 0.3) is 0 Å². The predicted molar refractivity (Wildman–Crippen MR) is 127 cm³/mol. The van der Waals surface area contributed by atoms with Gasteiger partial charge in [-0.25, -0.2) is 22.3 Å². The molecular formula is C24H28FN5O3S. The fourth-order valence-electron chi connectivity index (χ4n) is 4.19. The normalized spacial score (nSPS) is 14.9. The molecule has 0 bridgehead atoms. The average Bonchev–Trinajstić information content (AvgIpc) is 3.10. The number of nitrogens with one attached hydrogen (secondary N) is 1. The third-order valence-corrected chi connectivity index (χ3v) is 7.02. The molecule has 1 aromatic carbocycles. The van der Waals surface area contributed by atoms with Crippen molar-refractivity contribution in [2.75, 3.05) is 17.7 Å². The zero-order chi connectivity index (χ0) is 24.3. The van der Waals surface area contributed by atoms with Crippen molar-refractivity contribution in [1.29, 1.82) is 0 Å². The zero-order valence-corrected chi connectivity index (χ0v) is 20.1. The summed E-state index contributed by atoms with van der Waals surface area (Å²) in [6.45, 7) is 2.54. The minimum atomic E-state index is -3.41. The zero-order valence-electron chi connectivity index (χ0n) is 19.2. The van der Waals surface area contributed by atoms with E-state index < -0.39 is 9.84 Å². The fourth-order valence-corrected chi connectivity index (χ4v) is 4.79. The van der Waals surface area contributed by atoms with E-state index in [9.17, 15) is 17.6 Å². The number of fused-ring (bicyclic) bond motifs is 1. The number of nitrogens with zero attached hydrogens (tertiary/aromatic N) is 4. The number of carbonyl (C=O) groups excluding carboxylic acids is 1. The van der Waals surface area contributed by atoms with Gasteiger partial charge in [-0.05, 0) is 61.6 Å². The van der Waals surface area contributed by atoms with Gasteiger partial charge in [0, 0.05) is 25.2 Å². The van der Waals surface area contributed by atoms with E-state index in [0.29, 0.717) is 18.5 Å². The molecule has 34 heavy (non-hydrogen) atoms. The lowest BCUT2D eigenvalue weighted by atomic mass is 10.0. The highest BCUT2D eigenvalue weighted by Crippen LogP contribution is 2.29. The number of benzene rings is 1. The van der Waals surface area contributed by atoms with Crippen molar-refractivity contribution in [3.05, 3.63) is 66.0 Å². The first-order chi connectivity index (χ1) is 16.3. The van der Waals surface area contributed by atoms with Crippen LogP contribution < -0.4 is 10.2 Å². The number of halogens is 1. The quantitative estimate of drug-likeness (QED) is 0.564. The third-order valence-electron chi connectivity index (χ3n) is 5.94. The highest BCUT2D eigenvalue weighted by atomic mass is 32.2. The summed E-state index contributed by atoms with van der Waals surface area (Å²) in [6, 6.07) is 7.02. The molecule has 10 heteroatoms. The van der Waals surface area contributed by atoms with Crippen LogP contribution in [0.15, 0.2) is 53.8 Å². The molecule has 1 aliphatic heterocycles. The van der Waals surface area contributed by atoms with Gasteiger partial charge < -0.3 is 5.32 Å². The van der Waals surface area contributed by atoms with Gasteiger partial charge in [-0.15, -0.1) is 0 Å². The lowest BCUT2D eigenvalue weighted by Gasteiger charge is -2.25. The van der Waals surface area contributed by atoms with E-state index in [1.165, 1.54) is 18.3 Å². The standard InChI is InChI=1S/C24H28FN5O3S/c1-3-6-21(17-13-20(15-26-14-17)34(2,32)33)28-24(31)29-12-5-4-7-22-23(29)16-27-30(22)19-10-8-18(25)9-11-19/h8-11,13-16,21H,3-7,12H2,1-2H3,(H,28,31). The van der Waals surface area contributed by atoms with Gasteiger partial charge in [-0.3, -0.25) is 9.88 Å². The van der Waals surface area contributed by atoms with E-state index in [2.05, 4.69) is 15.4 Å². The summed E-state index contributed by atoms with van der Waals surface area (Å²) in [6.07, 6.45) is 9.61. The fraction of sp³-hybridized carbons (Fsp3) is 0.375. The predicted octanol–water partition coefficient (Wildman–Crippen LogP) is 4.20. The van der Waals surface area contributed by atoms with Crippen molar-refractivity contribution >= 4 is 21.6 Å². The van der Waals surface area contributed by atoms with Crippen LogP contribution in [0.5, 0.6) is 0 Å². The first kappa shape index (κ1) is 23.9. The Labute approximate surface area is 198 Å². The van der Waals surface area contributed by atoms with E-state index in [-0.39, 0.29) is 22.8 Å². The summed E-state index contributed by atoms with van der Waals surface area (Å²) >= 11 is 0. The van der Waals surface area contributed by atoms with Crippen LogP contribution in [0.4, 0.5) is 14.9 Å². The van der Waals surface area contributed by atoms with E-state index in [0.717, 1.165) is 49.0 Å². The molecule has 1 N–H and O–H groups in total. The van der Waals surface area contributed by atoms with E-state index in [1.54, 1.807) is 40.2 Å². The third kappa shape index (κ3) is 5.11. The number of pyridine rings is 1. The lowest BCUT2D eigenvalue weighted by molar-refractivity contribution is 0.241. The van der Waals surface area contributed by atoms with Gasteiger partial charge in [0.15, 0.2) is 9.84 Å². The van der Waals surface area contributed by atoms with E-state index >= 15 is 0 Å². The van der Waals surface area contributed by atoms with Crippen molar-refractivity contribution in [2.24, 2.45) is 0 Å². The molecule has 3 aromatic rings. The Kier molecular flexibility index (Phi) is 6.97. The summed E-state index contributed by atoms with van der Waals surface area (Å²) in [7, 11) is -3.41. The maximum atomic E-state index is 13.4. The molecule has 0 radical (unpaired) electrons. The summed E-state index contributed by atoms with van der Waals surface area (Å²) in [5.74, 6) is -0.320. The Morgan fingerprint density at radius 2 is 1.94 bits per heavy atom. The van der Waals surface area contributed by atoms with Gasteiger partial charge in [-0.1, -0.05) is 13.3 Å². The molecule has 2 aromatic heterocycles. The number of hydrogen-bond donors (Lipinski definition) is 1. The van der Waals surface area contributed by atoms with Crippen LogP contribution in [0.1, 0.15) is 49.9 Å². The first-order valence-electron chi connectivity index (χ1n) is 11.3. The van der Waals surface area contributed by atoms with Gasteiger partial charge >= 0.3 is 6.03 Å². The maximum absolute atomic E-state index is 13.4. The van der Waals surface area contributed by atoms with Crippen LogP contribution in [-0.4, -0.2) is 42.0 Å². The minimum absolute atomic E-state index is 0.123. The average molecular weight is 486 g/mol. The monoisotopic (exact) mass is 485 g/mol. The Bertz CT molecular complexity index is 1270. The minimum Gasteiger partial charge on any atom is -0.331 e. The van der Waals surface area contributed by atoms with Crippen LogP contribution in [0.25, 0.3) is 5.69 Å². The van der Waals surface area contributed by atoms with Crippen LogP contribution in [0, 0.1) is 5.82 Å². The number of sulfone groups is 1. The Balaban J connectivity index is 1.62. The molecule has 1 unspecified atom stereocenters. The highest BCUT2D eigenvalue weighted by molar-refractivity contribution is 7.90. The van der Waals surface area contributed by atoms with Gasteiger partial charge in [0.2, 0.25) is 0 Å².